The Morgan fingerprint density at radius 2 is 1.53 bits per heavy atom. The number of piperazine rings is 1. The number of carbonyl (C=O) groups is 1. The molecule has 2 aromatic rings. The Morgan fingerprint density at radius 3 is 2.11 bits per heavy atom. The van der Waals surface area contributed by atoms with Crippen LogP contribution in [0.2, 0.25) is 0 Å². The molecule has 2 N–H and O–H groups in total. The maximum absolute atomic E-state index is 13.3. The van der Waals surface area contributed by atoms with Gasteiger partial charge in [-0.2, -0.15) is 26.3 Å². The second kappa shape index (κ2) is 14.8. The van der Waals surface area contributed by atoms with E-state index in [0.29, 0.717) is 57.6 Å². The van der Waals surface area contributed by atoms with Crippen molar-refractivity contribution in [3.05, 3.63) is 100.0 Å². The van der Waals surface area contributed by atoms with Gasteiger partial charge in [-0.05, 0) is 81.2 Å². The van der Waals surface area contributed by atoms with Crippen LogP contribution in [0.15, 0.2) is 78.7 Å². The van der Waals surface area contributed by atoms with Gasteiger partial charge in [-0.25, -0.2) is 4.79 Å². The van der Waals surface area contributed by atoms with E-state index < -0.39 is 40.1 Å². The van der Waals surface area contributed by atoms with Crippen LogP contribution in [0.4, 0.5) is 48.2 Å². The average molecular weight is 668 g/mol. The highest BCUT2D eigenvalue weighted by Crippen LogP contribution is 2.38. The summed E-state index contributed by atoms with van der Waals surface area (Å²) in [5.74, 6) is 0.681. The molecule has 4 rings (SSSR count). The van der Waals surface area contributed by atoms with Gasteiger partial charge in [0, 0.05) is 55.4 Å². The fraction of sp³-hybridized carbons (Fsp3) is 0.406. The second-order valence-corrected chi connectivity index (χ2v) is 11.3. The molecule has 2 fully saturated rings. The van der Waals surface area contributed by atoms with Crippen molar-refractivity contribution in [1.29, 1.82) is 0 Å². The van der Waals surface area contributed by atoms with Gasteiger partial charge in [0.2, 0.25) is 0 Å². The number of urea groups is 1. The van der Waals surface area contributed by atoms with Crippen LogP contribution in [-0.2, 0) is 17.1 Å². The first kappa shape index (κ1) is 35.2. The van der Waals surface area contributed by atoms with Crippen molar-refractivity contribution in [2.24, 2.45) is 0 Å². The lowest BCUT2D eigenvalue weighted by Gasteiger charge is -2.36. The number of carbonyl (C=O) groups excluding carboxylic acids is 1. The zero-order valence-corrected chi connectivity index (χ0v) is 25.5. The van der Waals surface area contributed by atoms with Crippen molar-refractivity contribution in [3.63, 3.8) is 0 Å². The standard InChI is InChI=1S/C32H35F6N5O4/c1-21(41-16-18-42(19-17-41)30(44)40-25-8-6-23(7-9-25)31(33,34)35)4-3-5-22(2)47-27-13-10-24(11-14-27)39-26-12-15-29(43(45)46)28(20-26)32(36,37)38/h3-9,12,15,20,24,27,39H,1,10-11,13-14,16-19H2,2H3,(H,40,44)/b4-3-,22-5+. The largest absolute Gasteiger partial charge is 0.495 e. The zero-order chi connectivity index (χ0) is 34.4. The first-order valence-corrected chi connectivity index (χ1v) is 14.9. The molecule has 47 heavy (non-hydrogen) atoms. The number of amides is 2. The van der Waals surface area contributed by atoms with Gasteiger partial charge in [0.25, 0.3) is 5.69 Å². The minimum absolute atomic E-state index is 0.0645. The van der Waals surface area contributed by atoms with E-state index in [1.165, 1.54) is 18.2 Å². The molecule has 9 nitrogen and oxygen atoms in total. The number of rotatable bonds is 9. The van der Waals surface area contributed by atoms with Gasteiger partial charge in [-0.1, -0.05) is 12.7 Å². The minimum atomic E-state index is -4.84. The third-order valence-corrected chi connectivity index (χ3v) is 7.95. The third-order valence-electron chi connectivity index (χ3n) is 7.95. The fourth-order valence-electron chi connectivity index (χ4n) is 5.42. The monoisotopic (exact) mass is 667 g/mol. The van der Waals surface area contributed by atoms with E-state index in [-0.39, 0.29) is 23.5 Å². The van der Waals surface area contributed by atoms with E-state index in [0.717, 1.165) is 30.0 Å². The van der Waals surface area contributed by atoms with Gasteiger partial charge in [0.05, 0.1) is 22.3 Å². The lowest BCUT2D eigenvalue weighted by Crippen LogP contribution is -2.49. The molecule has 0 unspecified atom stereocenters. The molecule has 1 aliphatic heterocycles. The highest BCUT2D eigenvalue weighted by atomic mass is 19.4. The molecule has 15 heteroatoms. The van der Waals surface area contributed by atoms with Gasteiger partial charge in [-0.3, -0.25) is 10.1 Å². The molecule has 1 saturated carbocycles. The third kappa shape index (κ3) is 9.90. The number of nitrogens with one attached hydrogen (secondary N) is 2. The first-order valence-electron chi connectivity index (χ1n) is 14.9. The summed E-state index contributed by atoms with van der Waals surface area (Å²) in [4.78, 5) is 26.1. The molecular weight excluding hydrogens is 632 g/mol. The smallest absolute Gasteiger partial charge is 0.423 e. The molecule has 1 aliphatic carbocycles. The molecule has 2 amide bonds. The number of ether oxygens (including phenoxy) is 1. The van der Waals surface area contributed by atoms with Crippen LogP contribution < -0.4 is 10.6 Å². The summed E-state index contributed by atoms with van der Waals surface area (Å²) in [5, 5.41) is 16.7. The average Bonchev–Trinajstić information content (AvgIpc) is 3.01. The Kier molecular flexibility index (Phi) is 11.1. The molecule has 0 bridgehead atoms. The van der Waals surface area contributed by atoms with Crippen LogP contribution in [-0.4, -0.2) is 59.1 Å². The summed E-state index contributed by atoms with van der Waals surface area (Å²) < 4.78 is 84.2. The number of nitrogens with zero attached hydrogens (tertiary/aromatic N) is 3. The summed E-state index contributed by atoms with van der Waals surface area (Å²) >= 11 is 0. The number of allylic oxidation sites excluding steroid dienone is 4. The van der Waals surface area contributed by atoms with E-state index in [9.17, 15) is 41.3 Å². The number of alkyl halides is 6. The van der Waals surface area contributed by atoms with Crippen LogP contribution in [0, 0.1) is 10.1 Å². The second-order valence-electron chi connectivity index (χ2n) is 11.3. The van der Waals surface area contributed by atoms with E-state index in [1.54, 1.807) is 17.1 Å². The van der Waals surface area contributed by atoms with Crippen molar-refractivity contribution < 1.29 is 40.8 Å². The van der Waals surface area contributed by atoms with E-state index >= 15 is 0 Å². The molecule has 1 saturated heterocycles. The van der Waals surface area contributed by atoms with Gasteiger partial charge in [0.15, 0.2) is 0 Å². The Bertz CT molecular complexity index is 1490. The summed E-state index contributed by atoms with van der Waals surface area (Å²) in [6.45, 7) is 7.77. The Labute approximate surface area is 267 Å². The summed E-state index contributed by atoms with van der Waals surface area (Å²) in [6, 6.07) is 6.70. The molecular formula is C32H35F6N5O4. The number of halogens is 6. The number of hydrogen-bond donors (Lipinski definition) is 2. The van der Waals surface area contributed by atoms with Gasteiger partial charge >= 0.3 is 18.4 Å². The minimum Gasteiger partial charge on any atom is -0.495 e. The van der Waals surface area contributed by atoms with Crippen molar-refractivity contribution in [1.82, 2.24) is 9.80 Å². The topological polar surface area (TPSA) is 100.0 Å². The lowest BCUT2D eigenvalue weighted by molar-refractivity contribution is -0.388. The SMILES string of the molecule is C=C(/C=C\C=C(/C)OC1CCC(Nc2ccc([N+](=O)[O-])c(C(F)(F)F)c2)CC1)N1CCN(C(=O)Nc2ccc(C(F)(F)F)cc2)CC1. The summed E-state index contributed by atoms with van der Waals surface area (Å²) in [5.41, 5.74) is -1.87. The normalized spacial score (nSPS) is 19.4. The number of hydrogen-bond acceptors (Lipinski definition) is 6. The Balaban J connectivity index is 1.17. The van der Waals surface area contributed by atoms with E-state index in [2.05, 4.69) is 17.2 Å². The maximum Gasteiger partial charge on any atom is 0.423 e. The van der Waals surface area contributed by atoms with Crippen LogP contribution in [0.5, 0.6) is 0 Å². The summed E-state index contributed by atoms with van der Waals surface area (Å²) in [6.07, 6.45) is -1.27. The van der Waals surface area contributed by atoms with Crippen molar-refractivity contribution >= 4 is 23.1 Å². The highest BCUT2D eigenvalue weighted by Gasteiger charge is 2.38. The Morgan fingerprint density at radius 1 is 0.936 bits per heavy atom. The van der Waals surface area contributed by atoms with Crippen LogP contribution in [0.1, 0.15) is 43.7 Å². The van der Waals surface area contributed by atoms with Crippen molar-refractivity contribution in [2.45, 2.75) is 57.1 Å². The van der Waals surface area contributed by atoms with Gasteiger partial charge < -0.3 is 25.2 Å². The van der Waals surface area contributed by atoms with Crippen LogP contribution in [0.25, 0.3) is 0 Å². The van der Waals surface area contributed by atoms with Crippen molar-refractivity contribution in [2.75, 3.05) is 36.8 Å². The molecule has 0 spiro atoms. The lowest BCUT2D eigenvalue weighted by atomic mass is 9.92. The number of nitro groups is 1. The zero-order valence-electron chi connectivity index (χ0n) is 25.5. The van der Waals surface area contributed by atoms with Gasteiger partial charge in [-0.15, -0.1) is 0 Å². The predicted molar refractivity (Wildman–Crippen MR) is 164 cm³/mol. The maximum atomic E-state index is 13.3. The molecule has 2 aromatic carbocycles. The van der Waals surface area contributed by atoms with Crippen LogP contribution >= 0.6 is 0 Å². The number of benzene rings is 2. The number of nitro benzene ring substituents is 1. The molecule has 0 radical (unpaired) electrons. The molecule has 2 aliphatic rings. The Hall–Kier alpha value is -4.69. The molecule has 0 aromatic heterocycles. The number of anilines is 2. The van der Waals surface area contributed by atoms with E-state index in [1.807, 2.05) is 17.9 Å². The molecule has 0 atom stereocenters. The van der Waals surface area contributed by atoms with Crippen molar-refractivity contribution in [3.8, 4) is 0 Å². The first-order chi connectivity index (χ1) is 22.1. The quantitative estimate of drug-likeness (QED) is 0.0920. The van der Waals surface area contributed by atoms with Crippen LogP contribution in [0.3, 0.4) is 0 Å². The highest BCUT2D eigenvalue weighted by molar-refractivity contribution is 5.89. The fourth-order valence-corrected chi connectivity index (χ4v) is 5.42. The predicted octanol–water partition coefficient (Wildman–Crippen LogP) is 8.20. The molecule has 254 valence electrons. The molecule has 1 heterocycles. The van der Waals surface area contributed by atoms with E-state index in [4.69, 9.17) is 4.74 Å². The summed E-state index contributed by atoms with van der Waals surface area (Å²) in [7, 11) is 0. The van der Waals surface area contributed by atoms with Gasteiger partial charge in [0.1, 0.15) is 5.56 Å².